The van der Waals surface area contributed by atoms with E-state index in [-0.39, 0.29) is 0 Å². The number of carboxylic acids is 1. The summed E-state index contributed by atoms with van der Waals surface area (Å²) in [5.41, 5.74) is -1.15. The lowest BCUT2D eigenvalue weighted by atomic mass is 9.79. The summed E-state index contributed by atoms with van der Waals surface area (Å²) in [6, 6.07) is 1.99. The lowest BCUT2D eigenvalue weighted by Crippen LogP contribution is -2.45. The van der Waals surface area contributed by atoms with Gasteiger partial charge in [0.15, 0.2) is 5.41 Å². The van der Waals surface area contributed by atoms with Crippen molar-refractivity contribution in [1.82, 2.24) is 4.90 Å². The fourth-order valence-electron chi connectivity index (χ4n) is 2.78. The summed E-state index contributed by atoms with van der Waals surface area (Å²) in [5, 5.41) is 18.2. The van der Waals surface area contributed by atoms with Crippen LogP contribution in [0.25, 0.3) is 0 Å². The number of likely N-dealkylation sites (tertiary alicyclic amines) is 1. The molecule has 0 saturated carbocycles. The molecule has 0 atom stereocenters. The molecule has 2 fully saturated rings. The summed E-state index contributed by atoms with van der Waals surface area (Å²) >= 11 is 0. The van der Waals surface area contributed by atoms with E-state index in [1.54, 1.807) is 0 Å². The maximum atomic E-state index is 11.1. The number of ether oxygens (including phenoxy) is 1. The number of aliphatic carboxylic acids is 1. The van der Waals surface area contributed by atoms with Crippen LogP contribution in [0.15, 0.2) is 0 Å². The van der Waals surface area contributed by atoms with Gasteiger partial charge in [-0.2, -0.15) is 5.26 Å². The van der Waals surface area contributed by atoms with E-state index in [0.717, 1.165) is 45.7 Å². The van der Waals surface area contributed by atoms with Crippen molar-refractivity contribution in [3.8, 4) is 6.07 Å². The molecule has 0 aromatic carbocycles. The Balaban J connectivity index is 1.83. The summed E-state index contributed by atoms with van der Waals surface area (Å²) in [6.45, 7) is 4.14. The monoisotopic (exact) mass is 252 g/mol. The van der Waals surface area contributed by atoms with Crippen LogP contribution in [0.4, 0.5) is 0 Å². The van der Waals surface area contributed by atoms with Gasteiger partial charge >= 0.3 is 5.97 Å². The van der Waals surface area contributed by atoms with Crippen LogP contribution in [0.1, 0.15) is 25.7 Å². The Kier molecular flexibility index (Phi) is 4.20. The zero-order valence-electron chi connectivity index (χ0n) is 10.6. The highest BCUT2D eigenvalue weighted by atomic mass is 16.5. The highest BCUT2D eigenvalue weighted by Crippen LogP contribution is 2.31. The topological polar surface area (TPSA) is 73.6 Å². The minimum Gasteiger partial charge on any atom is -0.480 e. The predicted molar refractivity (Wildman–Crippen MR) is 64.9 cm³/mol. The number of nitriles is 1. The molecule has 0 radical (unpaired) electrons. The van der Waals surface area contributed by atoms with Crippen molar-refractivity contribution in [2.75, 3.05) is 32.8 Å². The van der Waals surface area contributed by atoms with E-state index in [2.05, 4.69) is 4.90 Å². The molecular weight excluding hydrogens is 232 g/mol. The van der Waals surface area contributed by atoms with E-state index in [9.17, 15) is 4.79 Å². The molecule has 2 aliphatic heterocycles. The third kappa shape index (κ3) is 2.82. The Morgan fingerprint density at radius 3 is 2.50 bits per heavy atom. The van der Waals surface area contributed by atoms with Crippen molar-refractivity contribution in [3.63, 3.8) is 0 Å². The molecule has 5 heteroatoms. The number of rotatable bonds is 3. The molecule has 0 bridgehead atoms. The van der Waals surface area contributed by atoms with Crippen molar-refractivity contribution in [3.05, 3.63) is 0 Å². The van der Waals surface area contributed by atoms with Gasteiger partial charge in [-0.15, -0.1) is 0 Å². The normalized spacial score (nSPS) is 25.5. The van der Waals surface area contributed by atoms with Gasteiger partial charge < -0.3 is 14.7 Å². The first-order valence-corrected chi connectivity index (χ1v) is 6.61. The molecule has 0 aromatic heterocycles. The van der Waals surface area contributed by atoms with Crippen molar-refractivity contribution >= 4 is 5.97 Å². The van der Waals surface area contributed by atoms with Crippen molar-refractivity contribution < 1.29 is 14.6 Å². The van der Waals surface area contributed by atoms with Gasteiger partial charge in [0.25, 0.3) is 0 Å². The largest absolute Gasteiger partial charge is 0.480 e. The molecule has 18 heavy (non-hydrogen) atoms. The van der Waals surface area contributed by atoms with E-state index in [1.807, 2.05) is 6.07 Å². The molecule has 0 spiro atoms. The number of nitrogens with zero attached hydrogens (tertiary/aromatic N) is 2. The van der Waals surface area contributed by atoms with E-state index < -0.39 is 11.4 Å². The van der Waals surface area contributed by atoms with Crippen LogP contribution in [-0.4, -0.2) is 48.8 Å². The standard InChI is InChI=1S/C13H20N2O3/c14-10-13(12(16)17)3-5-15(6-4-13)9-11-1-7-18-8-2-11/h11H,1-9H2,(H,16,17). The fourth-order valence-corrected chi connectivity index (χ4v) is 2.78. The summed E-state index contributed by atoms with van der Waals surface area (Å²) in [6.07, 6.45) is 3.09. The summed E-state index contributed by atoms with van der Waals surface area (Å²) in [5.74, 6) is -0.297. The Morgan fingerprint density at radius 1 is 1.39 bits per heavy atom. The van der Waals surface area contributed by atoms with Gasteiger partial charge in [-0.3, -0.25) is 4.79 Å². The number of carboxylic acid groups (broad SMARTS) is 1. The maximum Gasteiger partial charge on any atom is 0.324 e. The Hall–Kier alpha value is -1.12. The number of carbonyl (C=O) groups is 1. The van der Waals surface area contributed by atoms with Crippen LogP contribution in [0.2, 0.25) is 0 Å². The highest BCUT2D eigenvalue weighted by molar-refractivity contribution is 5.78. The van der Waals surface area contributed by atoms with Gasteiger partial charge in [-0.05, 0) is 31.6 Å². The minimum absolute atomic E-state index is 0.446. The van der Waals surface area contributed by atoms with Gasteiger partial charge in [0.1, 0.15) is 0 Å². The molecule has 2 aliphatic rings. The van der Waals surface area contributed by atoms with E-state index in [0.29, 0.717) is 18.8 Å². The van der Waals surface area contributed by atoms with Crippen molar-refractivity contribution in [1.29, 1.82) is 5.26 Å². The van der Waals surface area contributed by atoms with Crippen LogP contribution in [-0.2, 0) is 9.53 Å². The lowest BCUT2D eigenvalue weighted by Gasteiger charge is -2.37. The van der Waals surface area contributed by atoms with Crippen LogP contribution in [0.3, 0.4) is 0 Å². The van der Waals surface area contributed by atoms with Crippen LogP contribution in [0.5, 0.6) is 0 Å². The molecule has 0 aliphatic carbocycles. The van der Waals surface area contributed by atoms with Crippen LogP contribution in [0, 0.1) is 22.7 Å². The van der Waals surface area contributed by atoms with Gasteiger partial charge in [0.2, 0.25) is 0 Å². The summed E-state index contributed by atoms with van der Waals surface area (Å²) in [4.78, 5) is 13.4. The molecule has 1 N–H and O–H groups in total. The molecule has 0 amide bonds. The zero-order valence-corrected chi connectivity index (χ0v) is 10.6. The quantitative estimate of drug-likeness (QED) is 0.814. The van der Waals surface area contributed by atoms with Gasteiger partial charge in [0.05, 0.1) is 6.07 Å². The summed E-state index contributed by atoms with van der Waals surface area (Å²) in [7, 11) is 0. The maximum absolute atomic E-state index is 11.1. The summed E-state index contributed by atoms with van der Waals surface area (Å²) < 4.78 is 5.33. The van der Waals surface area contributed by atoms with Crippen LogP contribution >= 0.6 is 0 Å². The Morgan fingerprint density at radius 2 is 2.00 bits per heavy atom. The molecule has 100 valence electrons. The van der Waals surface area contributed by atoms with Crippen LogP contribution < -0.4 is 0 Å². The SMILES string of the molecule is N#CC1(C(=O)O)CCN(CC2CCOCC2)CC1. The third-order valence-corrected chi connectivity index (χ3v) is 4.19. The average molecular weight is 252 g/mol. The predicted octanol–water partition coefficient (Wildman–Crippen LogP) is 1.10. The van der Waals surface area contributed by atoms with Crippen molar-refractivity contribution in [2.45, 2.75) is 25.7 Å². The van der Waals surface area contributed by atoms with Gasteiger partial charge in [-0.25, -0.2) is 0 Å². The number of hydrogen-bond donors (Lipinski definition) is 1. The lowest BCUT2D eigenvalue weighted by molar-refractivity contribution is -0.148. The third-order valence-electron chi connectivity index (χ3n) is 4.19. The molecule has 2 rings (SSSR count). The second-order valence-corrected chi connectivity index (χ2v) is 5.36. The zero-order chi connectivity index (χ0) is 13.0. The number of piperidine rings is 1. The molecule has 2 heterocycles. The second kappa shape index (κ2) is 5.68. The van der Waals surface area contributed by atoms with Crippen molar-refractivity contribution in [2.24, 2.45) is 11.3 Å². The Labute approximate surface area is 107 Å². The van der Waals surface area contributed by atoms with Gasteiger partial charge in [0, 0.05) is 32.8 Å². The van der Waals surface area contributed by atoms with E-state index in [1.165, 1.54) is 0 Å². The number of hydrogen-bond acceptors (Lipinski definition) is 4. The first-order chi connectivity index (χ1) is 8.66. The molecule has 0 unspecified atom stereocenters. The Bertz CT molecular complexity index is 337. The highest BCUT2D eigenvalue weighted by Gasteiger charge is 2.42. The first-order valence-electron chi connectivity index (χ1n) is 6.61. The average Bonchev–Trinajstić information content (AvgIpc) is 2.41. The van der Waals surface area contributed by atoms with E-state index >= 15 is 0 Å². The molecule has 2 saturated heterocycles. The molecule has 0 aromatic rings. The second-order valence-electron chi connectivity index (χ2n) is 5.36. The molecular formula is C13H20N2O3. The van der Waals surface area contributed by atoms with E-state index in [4.69, 9.17) is 15.1 Å². The first kappa shape index (κ1) is 13.3. The fraction of sp³-hybridized carbons (Fsp3) is 0.846. The molecule has 5 nitrogen and oxygen atoms in total. The minimum atomic E-state index is -1.15. The van der Waals surface area contributed by atoms with Gasteiger partial charge in [-0.1, -0.05) is 0 Å². The smallest absolute Gasteiger partial charge is 0.324 e.